The third-order valence-electron chi connectivity index (χ3n) is 4.34. The van der Waals surface area contributed by atoms with Crippen LogP contribution in [0.2, 0.25) is 0 Å². The Bertz CT molecular complexity index is 1150. The fourth-order valence-corrected chi connectivity index (χ4v) is 6.87. The van der Waals surface area contributed by atoms with Crippen LogP contribution in [-0.2, 0) is 0 Å². The third kappa shape index (κ3) is 3.54. The lowest BCUT2D eigenvalue weighted by Crippen LogP contribution is -1.67. The second-order valence-corrected chi connectivity index (χ2v) is 9.53. The number of hydrogen-bond donors (Lipinski definition) is 0. The standard InChI is InChI=1S/C24H16S3/c1-3-7-17(8-4-1)11-13-19-15-21-23(25-19)24-22(27-21)16-20(26-24)14-12-18-9-5-2-6-10-18/h1-16H/b13-11+,14-12+. The number of hydrogen-bond acceptors (Lipinski definition) is 3. The fourth-order valence-electron chi connectivity index (χ4n) is 3.02. The molecule has 0 spiro atoms. The first-order chi connectivity index (χ1) is 13.3. The molecule has 0 aliphatic carbocycles. The number of benzene rings is 2. The highest BCUT2D eigenvalue weighted by Crippen LogP contribution is 2.44. The number of rotatable bonds is 4. The van der Waals surface area contributed by atoms with Crippen LogP contribution in [-0.4, -0.2) is 0 Å². The first-order valence-corrected chi connectivity index (χ1v) is 11.2. The second-order valence-electron chi connectivity index (χ2n) is 6.27. The van der Waals surface area contributed by atoms with Gasteiger partial charge in [0.15, 0.2) is 0 Å². The molecule has 130 valence electrons. The van der Waals surface area contributed by atoms with Crippen LogP contribution in [0.4, 0.5) is 0 Å². The predicted molar refractivity (Wildman–Crippen MR) is 126 cm³/mol. The maximum atomic E-state index is 2.32. The molecule has 0 nitrogen and oxygen atoms in total. The van der Waals surface area contributed by atoms with Crippen LogP contribution < -0.4 is 0 Å². The Morgan fingerprint density at radius 1 is 0.481 bits per heavy atom. The molecule has 0 radical (unpaired) electrons. The smallest absolute Gasteiger partial charge is 0.0635 e. The molecule has 0 aliphatic rings. The quantitative estimate of drug-likeness (QED) is 0.283. The normalized spacial score (nSPS) is 12.1. The van der Waals surface area contributed by atoms with E-state index < -0.39 is 0 Å². The third-order valence-corrected chi connectivity index (χ3v) is 8.05. The van der Waals surface area contributed by atoms with Gasteiger partial charge in [-0.25, -0.2) is 0 Å². The zero-order valence-corrected chi connectivity index (χ0v) is 16.9. The van der Waals surface area contributed by atoms with E-state index in [1.807, 2.05) is 34.0 Å². The van der Waals surface area contributed by atoms with Crippen LogP contribution in [0.3, 0.4) is 0 Å². The van der Waals surface area contributed by atoms with Crippen molar-refractivity contribution in [2.75, 3.05) is 0 Å². The molecule has 0 unspecified atom stereocenters. The van der Waals surface area contributed by atoms with Gasteiger partial charge in [-0.2, -0.15) is 0 Å². The van der Waals surface area contributed by atoms with E-state index in [1.165, 1.54) is 39.7 Å². The molecule has 2 aromatic carbocycles. The lowest BCUT2D eigenvalue weighted by molar-refractivity contribution is 1.67. The average molecular weight is 401 g/mol. The minimum absolute atomic E-state index is 1.24. The SMILES string of the molecule is C(=C\c1cc2sc3cc(/C=C/c4ccccc4)sc3c2s1)/c1ccccc1. The summed E-state index contributed by atoms with van der Waals surface area (Å²) in [7, 11) is 0. The van der Waals surface area contributed by atoms with Crippen molar-refractivity contribution in [3.05, 3.63) is 93.7 Å². The zero-order chi connectivity index (χ0) is 18.1. The van der Waals surface area contributed by atoms with Gasteiger partial charge in [-0.1, -0.05) is 72.8 Å². The molecule has 0 aliphatic heterocycles. The predicted octanol–water partition coefficient (Wildman–Crippen LogP) is 8.52. The van der Waals surface area contributed by atoms with Crippen molar-refractivity contribution in [1.29, 1.82) is 0 Å². The Morgan fingerprint density at radius 2 is 0.926 bits per heavy atom. The molecule has 0 saturated carbocycles. The molecule has 5 aromatic rings. The van der Waals surface area contributed by atoms with Crippen LogP contribution in [0.1, 0.15) is 20.9 Å². The molecular weight excluding hydrogens is 384 g/mol. The Kier molecular flexibility index (Phi) is 4.50. The van der Waals surface area contributed by atoms with Crippen molar-refractivity contribution >= 4 is 77.1 Å². The van der Waals surface area contributed by atoms with Crippen molar-refractivity contribution in [3.8, 4) is 0 Å². The highest BCUT2D eigenvalue weighted by atomic mass is 32.1. The van der Waals surface area contributed by atoms with Crippen molar-refractivity contribution in [1.82, 2.24) is 0 Å². The van der Waals surface area contributed by atoms with E-state index >= 15 is 0 Å². The van der Waals surface area contributed by atoms with Gasteiger partial charge in [-0.15, -0.1) is 34.0 Å². The second kappa shape index (κ2) is 7.28. The Hall–Kier alpha value is -2.46. The summed E-state index contributed by atoms with van der Waals surface area (Å²) in [5.74, 6) is 0. The van der Waals surface area contributed by atoms with Crippen LogP contribution in [0.15, 0.2) is 72.8 Å². The summed E-state index contributed by atoms with van der Waals surface area (Å²) >= 11 is 5.68. The molecule has 5 rings (SSSR count). The van der Waals surface area contributed by atoms with Gasteiger partial charge in [-0.3, -0.25) is 0 Å². The topological polar surface area (TPSA) is 0 Å². The van der Waals surface area contributed by atoms with E-state index in [4.69, 9.17) is 0 Å². The Balaban J connectivity index is 1.44. The van der Waals surface area contributed by atoms with Crippen molar-refractivity contribution in [2.45, 2.75) is 0 Å². The number of fused-ring (bicyclic) bond motifs is 3. The monoisotopic (exact) mass is 400 g/mol. The molecule has 3 heteroatoms. The average Bonchev–Trinajstić information content (AvgIpc) is 3.37. The van der Waals surface area contributed by atoms with E-state index in [9.17, 15) is 0 Å². The van der Waals surface area contributed by atoms with Crippen LogP contribution in [0, 0.1) is 0 Å². The maximum Gasteiger partial charge on any atom is 0.0635 e. The van der Waals surface area contributed by atoms with Crippen LogP contribution >= 0.6 is 34.0 Å². The maximum absolute atomic E-state index is 2.32. The summed E-state index contributed by atoms with van der Waals surface area (Å²) in [5, 5.41) is 0. The van der Waals surface area contributed by atoms with Gasteiger partial charge in [0.25, 0.3) is 0 Å². The minimum atomic E-state index is 1.24. The van der Waals surface area contributed by atoms with Gasteiger partial charge in [0.05, 0.1) is 9.40 Å². The van der Waals surface area contributed by atoms with Gasteiger partial charge >= 0.3 is 0 Å². The Morgan fingerprint density at radius 3 is 1.37 bits per heavy atom. The first kappa shape index (κ1) is 16.7. The highest BCUT2D eigenvalue weighted by Gasteiger charge is 2.11. The van der Waals surface area contributed by atoms with Gasteiger partial charge in [0, 0.05) is 19.2 Å². The molecule has 0 saturated heterocycles. The summed E-state index contributed by atoms with van der Waals surface area (Å²) in [6, 6.07) is 25.6. The van der Waals surface area contributed by atoms with Crippen molar-refractivity contribution in [2.24, 2.45) is 0 Å². The lowest BCUT2D eigenvalue weighted by atomic mass is 10.2. The molecule has 3 aromatic heterocycles. The van der Waals surface area contributed by atoms with Gasteiger partial charge in [0.1, 0.15) is 0 Å². The van der Waals surface area contributed by atoms with Crippen LogP contribution in [0.25, 0.3) is 43.1 Å². The number of thiophene rings is 3. The van der Waals surface area contributed by atoms with Gasteiger partial charge < -0.3 is 0 Å². The summed E-state index contributed by atoms with van der Waals surface area (Å²) in [4.78, 5) is 2.63. The fraction of sp³-hybridized carbons (Fsp3) is 0. The van der Waals surface area contributed by atoms with Crippen molar-refractivity contribution in [3.63, 3.8) is 0 Å². The molecule has 0 atom stereocenters. The summed E-state index contributed by atoms with van der Waals surface area (Å²) < 4.78 is 5.64. The molecule has 0 fully saturated rings. The molecule has 0 N–H and O–H groups in total. The summed E-state index contributed by atoms with van der Waals surface area (Å²) in [6.07, 6.45) is 8.83. The lowest BCUT2D eigenvalue weighted by Gasteiger charge is -1.90. The minimum Gasteiger partial charge on any atom is -0.133 e. The molecule has 27 heavy (non-hydrogen) atoms. The largest absolute Gasteiger partial charge is 0.133 e. The highest BCUT2D eigenvalue weighted by molar-refractivity contribution is 7.38. The van der Waals surface area contributed by atoms with Crippen molar-refractivity contribution < 1.29 is 0 Å². The Labute approximate surface area is 170 Å². The molecular formula is C24H16S3. The van der Waals surface area contributed by atoms with E-state index in [0.717, 1.165) is 0 Å². The molecule has 0 bridgehead atoms. The van der Waals surface area contributed by atoms with E-state index in [-0.39, 0.29) is 0 Å². The summed E-state index contributed by atoms with van der Waals surface area (Å²) in [5.41, 5.74) is 2.48. The van der Waals surface area contributed by atoms with E-state index in [1.54, 1.807) is 0 Å². The van der Waals surface area contributed by atoms with Gasteiger partial charge in [-0.05, 0) is 35.4 Å². The first-order valence-electron chi connectivity index (χ1n) is 8.77. The summed E-state index contributed by atoms with van der Waals surface area (Å²) in [6.45, 7) is 0. The zero-order valence-electron chi connectivity index (χ0n) is 14.5. The molecule has 0 amide bonds. The van der Waals surface area contributed by atoms with E-state index in [2.05, 4.69) is 97.1 Å². The van der Waals surface area contributed by atoms with Crippen LogP contribution in [0.5, 0.6) is 0 Å². The van der Waals surface area contributed by atoms with E-state index in [0.29, 0.717) is 0 Å². The molecule has 3 heterocycles. The van der Waals surface area contributed by atoms with Gasteiger partial charge in [0.2, 0.25) is 0 Å².